The second-order valence-corrected chi connectivity index (χ2v) is 5.05. The highest BCUT2D eigenvalue weighted by atomic mass is 35.5. The Morgan fingerprint density at radius 3 is 3.11 bits per heavy atom. The average molecular weight is 285 g/mol. The Hall–Kier alpha value is -1.47. The van der Waals surface area contributed by atoms with Crippen LogP contribution in [0.5, 0.6) is 0 Å². The minimum Gasteiger partial charge on any atom is -0.374 e. The summed E-state index contributed by atoms with van der Waals surface area (Å²) in [6, 6.07) is 0.151. The molecule has 1 aliphatic carbocycles. The van der Waals surface area contributed by atoms with Crippen molar-refractivity contribution in [3.05, 3.63) is 21.6 Å². The lowest BCUT2D eigenvalue weighted by atomic mass is 10.1. The van der Waals surface area contributed by atoms with E-state index in [0.717, 1.165) is 19.3 Å². The van der Waals surface area contributed by atoms with E-state index in [1.54, 1.807) is 0 Å². The van der Waals surface area contributed by atoms with E-state index in [1.165, 1.54) is 6.33 Å². The maximum absolute atomic E-state index is 11.2. The van der Waals surface area contributed by atoms with E-state index in [1.807, 2.05) is 4.90 Å². The molecule has 19 heavy (non-hydrogen) atoms. The number of nitro groups is 1. The minimum atomic E-state index is -0.517. The Bertz CT molecular complexity index is 513. The lowest BCUT2D eigenvalue weighted by molar-refractivity contribution is -0.384. The number of nitrogens with zero attached hydrogens (tertiary/aromatic N) is 4. The van der Waals surface area contributed by atoms with Crippen molar-refractivity contribution in [2.24, 2.45) is 0 Å². The second kappa shape index (κ2) is 4.90. The van der Waals surface area contributed by atoms with Gasteiger partial charge >= 0.3 is 5.69 Å². The molecule has 2 unspecified atom stereocenters. The first kappa shape index (κ1) is 12.6. The van der Waals surface area contributed by atoms with Crippen LogP contribution in [-0.4, -0.2) is 40.2 Å². The van der Waals surface area contributed by atoms with Gasteiger partial charge in [0, 0.05) is 6.54 Å². The van der Waals surface area contributed by atoms with Gasteiger partial charge in [-0.1, -0.05) is 11.6 Å². The number of ether oxygens (including phenoxy) is 1. The standard InChI is InChI=1S/C11H13ClN4O3/c12-10-9(16(17)18)11(14-6-13-10)15-4-5-19-8-3-1-2-7(8)15/h6-8H,1-5H2. The van der Waals surface area contributed by atoms with Crippen LogP contribution in [0.25, 0.3) is 0 Å². The molecule has 2 fully saturated rings. The van der Waals surface area contributed by atoms with Crippen molar-refractivity contribution in [3.8, 4) is 0 Å². The molecule has 2 aliphatic rings. The Morgan fingerprint density at radius 2 is 2.32 bits per heavy atom. The van der Waals surface area contributed by atoms with E-state index in [2.05, 4.69) is 9.97 Å². The third kappa shape index (κ3) is 2.12. The predicted molar refractivity (Wildman–Crippen MR) is 68.4 cm³/mol. The summed E-state index contributed by atoms with van der Waals surface area (Å²) in [6.45, 7) is 1.15. The zero-order chi connectivity index (χ0) is 13.4. The molecule has 8 heteroatoms. The first-order valence-electron chi connectivity index (χ1n) is 6.21. The Labute approximate surface area is 114 Å². The Kier molecular flexibility index (Phi) is 3.24. The Balaban J connectivity index is 2.01. The van der Waals surface area contributed by atoms with Gasteiger partial charge in [-0.3, -0.25) is 10.1 Å². The van der Waals surface area contributed by atoms with Gasteiger partial charge in [0.05, 0.1) is 23.7 Å². The smallest absolute Gasteiger partial charge is 0.348 e. The third-order valence-corrected chi connectivity index (χ3v) is 3.97. The van der Waals surface area contributed by atoms with E-state index < -0.39 is 4.92 Å². The molecule has 1 aromatic rings. The summed E-state index contributed by atoms with van der Waals surface area (Å²) in [4.78, 5) is 20.4. The summed E-state index contributed by atoms with van der Waals surface area (Å²) >= 11 is 5.84. The fourth-order valence-corrected chi connectivity index (χ4v) is 3.10. The molecule has 0 N–H and O–H groups in total. The maximum Gasteiger partial charge on any atom is 0.348 e. The van der Waals surface area contributed by atoms with Gasteiger partial charge in [0.1, 0.15) is 6.33 Å². The van der Waals surface area contributed by atoms with Gasteiger partial charge in [-0.05, 0) is 19.3 Å². The largest absolute Gasteiger partial charge is 0.374 e. The lowest BCUT2D eigenvalue weighted by Gasteiger charge is -2.37. The number of morpholine rings is 1. The zero-order valence-electron chi connectivity index (χ0n) is 10.2. The van der Waals surface area contributed by atoms with Gasteiger partial charge in [-0.25, -0.2) is 9.97 Å². The van der Waals surface area contributed by atoms with Crippen LogP contribution in [0.1, 0.15) is 19.3 Å². The number of rotatable bonds is 2. The fraction of sp³-hybridized carbons (Fsp3) is 0.636. The molecule has 0 spiro atoms. The van der Waals surface area contributed by atoms with Crippen LogP contribution in [0.2, 0.25) is 5.15 Å². The van der Waals surface area contributed by atoms with Crippen molar-refractivity contribution < 1.29 is 9.66 Å². The molecule has 7 nitrogen and oxygen atoms in total. The molecule has 0 bridgehead atoms. The summed E-state index contributed by atoms with van der Waals surface area (Å²) in [5.74, 6) is 0.310. The van der Waals surface area contributed by atoms with Crippen molar-refractivity contribution in [2.45, 2.75) is 31.4 Å². The van der Waals surface area contributed by atoms with Gasteiger partial charge in [0.25, 0.3) is 0 Å². The molecule has 0 amide bonds. The van der Waals surface area contributed by atoms with Crippen LogP contribution in [0.15, 0.2) is 6.33 Å². The van der Waals surface area contributed by atoms with Gasteiger partial charge < -0.3 is 9.64 Å². The van der Waals surface area contributed by atoms with Gasteiger partial charge in [0.15, 0.2) is 0 Å². The van der Waals surface area contributed by atoms with E-state index in [-0.39, 0.29) is 23.0 Å². The monoisotopic (exact) mass is 284 g/mol. The molecule has 102 valence electrons. The average Bonchev–Trinajstić information content (AvgIpc) is 2.85. The van der Waals surface area contributed by atoms with Crippen LogP contribution >= 0.6 is 11.6 Å². The number of fused-ring (bicyclic) bond motifs is 1. The normalized spacial score (nSPS) is 26.3. The van der Waals surface area contributed by atoms with Crippen LogP contribution in [0.4, 0.5) is 11.5 Å². The number of halogens is 1. The predicted octanol–water partition coefficient (Wildman–Crippen LogP) is 1.80. The van der Waals surface area contributed by atoms with Crippen LogP contribution in [0.3, 0.4) is 0 Å². The molecular weight excluding hydrogens is 272 g/mol. The first-order valence-corrected chi connectivity index (χ1v) is 6.59. The van der Waals surface area contributed by atoms with Gasteiger partial charge in [-0.15, -0.1) is 0 Å². The zero-order valence-corrected chi connectivity index (χ0v) is 10.9. The highest BCUT2D eigenvalue weighted by Crippen LogP contribution is 2.38. The van der Waals surface area contributed by atoms with Gasteiger partial charge in [-0.2, -0.15) is 0 Å². The van der Waals surface area contributed by atoms with E-state index in [0.29, 0.717) is 19.0 Å². The summed E-state index contributed by atoms with van der Waals surface area (Å²) in [5, 5.41) is 11.0. The molecule has 2 atom stereocenters. The van der Waals surface area contributed by atoms with Crippen LogP contribution < -0.4 is 4.90 Å². The third-order valence-electron chi connectivity index (χ3n) is 3.70. The second-order valence-electron chi connectivity index (χ2n) is 4.69. The maximum atomic E-state index is 11.2. The highest BCUT2D eigenvalue weighted by Gasteiger charge is 2.39. The summed E-state index contributed by atoms with van der Waals surface area (Å²) in [6.07, 6.45) is 4.43. The van der Waals surface area contributed by atoms with E-state index in [9.17, 15) is 10.1 Å². The molecular formula is C11H13ClN4O3. The quantitative estimate of drug-likeness (QED) is 0.468. The van der Waals surface area contributed by atoms with Crippen molar-refractivity contribution in [2.75, 3.05) is 18.1 Å². The van der Waals surface area contributed by atoms with E-state index in [4.69, 9.17) is 16.3 Å². The summed E-state index contributed by atoms with van der Waals surface area (Å²) in [5.41, 5.74) is -0.211. The molecule has 3 rings (SSSR count). The van der Waals surface area contributed by atoms with Crippen LogP contribution in [-0.2, 0) is 4.74 Å². The summed E-state index contributed by atoms with van der Waals surface area (Å²) < 4.78 is 5.70. The Morgan fingerprint density at radius 1 is 1.47 bits per heavy atom. The van der Waals surface area contributed by atoms with Crippen molar-refractivity contribution in [1.82, 2.24) is 9.97 Å². The molecule has 1 aromatic heterocycles. The van der Waals surface area contributed by atoms with Crippen molar-refractivity contribution >= 4 is 23.1 Å². The first-order chi connectivity index (χ1) is 9.18. The van der Waals surface area contributed by atoms with Gasteiger partial charge in [0.2, 0.25) is 11.0 Å². The molecule has 0 aromatic carbocycles. The van der Waals surface area contributed by atoms with Crippen molar-refractivity contribution in [3.63, 3.8) is 0 Å². The minimum absolute atomic E-state index is 0.115. The van der Waals surface area contributed by atoms with Crippen molar-refractivity contribution in [1.29, 1.82) is 0 Å². The molecule has 1 saturated heterocycles. The highest BCUT2D eigenvalue weighted by molar-refractivity contribution is 6.31. The lowest BCUT2D eigenvalue weighted by Crippen LogP contribution is -2.49. The number of aromatic nitrogens is 2. The molecule has 1 aliphatic heterocycles. The molecule has 0 radical (unpaired) electrons. The number of anilines is 1. The molecule has 2 heterocycles. The fourth-order valence-electron chi connectivity index (χ4n) is 2.90. The SMILES string of the molecule is O=[N+]([O-])c1c(Cl)ncnc1N1CCOC2CCCC21. The summed E-state index contributed by atoms with van der Waals surface area (Å²) in [7, 11) is 0. The topological polar surface area (TPSA) is 81.4 Å². The number of hydrogen-bond donors (Lipinski definition) is 0. The van der Waals surface area contributed by atoms with Crippen LogP contribution in [0, 0.1) is 10.1 Å². The number of hydrogen-bond acceptors (Lipinski definition) is 6. The molecule has 1 saturated carbocycles. The van der Waals surface area contributed by atoms with E-state index >= 15 is 0 Å².